The van der Waals surface area contributed by atoms with Crippen LogP contribution in [0.3, 0.4) is 0 Å². The maximum absolute atomic E-state index is 10.8. The molecule has 0 saturated heterocycles. The predicted octanol–water partition coefficient (Wildman–Crippen LogP) is 6.82. The Kier molecular flexibility index (Phi) is 13.2. The second kappa shape index (κ2) is 15.0. The van der Waals surface area contributed by atoms with Crippen molar-refractivity contribution < 1.29 is 9.84 Å². The normalized spacial score (nSPS) is 13.5. The van der Waals surface area contributed by atoms with E-state index < -0.39 is 5.60 Å². The van der Waals surface area contributed by atoms with E-state index in [0.717, 1.165) is 18.4 Å². The molecule has 0 radical (unpaired) electrons. The fourth-order valence-corrected chi connectivity index (χ4v) is 3.38. The minimum atomic E-state index is -0.767. The molecule has 0 aliphatic carbocycles. The van der Waals surface area contributed by atoms with Crippen LogP contribution in [0.5, 0.6) is 0 Å². The highest BCUT2D eigenvalue weighted by Crippen LogP contribution is 2.22. The standard InChI is InChI=1S/C24H40O2/c1-3-5-6-7-8-9-10-11-12-16-20-24(25,19-4-2)22-26-21-23-17-14-13-15-18-23/h4,13-15,17-18,25H,2-3,5-12,16,19-22H2,1H3/t24-/m1/s1. The first kappa shape index (κ1) is 22.9. The summed E-state index contributed by atoms with van der Waals surface area (Å²) in [4.78, 5) is 0. The van der Waals surface area contributed by atoms with Gasteiger partial charge >= 0.3 is 0 Å². The lowest BCUT2D eigenvalue weighted by molar-refractivity contribution is -0.0561. The fourth-order valence-electron chi connectivity index (χ4n) is 3.38. The molecule has 0 spiro atoms. The lowest BCUT2D eigenvalue weighted by Crippen LogP contribution is -2.34. The van der Waals surface area contributed by atoms with E-state index in [2.05, 4.69) is 25.6 Å². The van der Waals surface area contributed by atoms with Crippen molar-refractivity contribution >= 4 is 0 Å². The van der Waals surface area contributed by atoms with Crippen LogP contribution in [0.15, 0.2) is 43.0 Å². The van der Waals surface area contributed by atoms with Gasteiger partial charge in [-0.1, -0.05) is 108 Å². The van der Waals surface area contributed by atoms with Gasteiger partial charge in [0.15, 0.2) is 0 Å². The third-order valence-electron chi connectivity index (χ3n) is 5.00. The Balaban J connectivity index is 2.11. The molecule has 0 aliphatic heterocycles. The molecule has 148 valence electrons. The fraction of sp³-hybridized carbons (Fsp3) is 0.667. The summed E-state index contributed by atoms with van der Waals surface area (Å²) < 4.78 is 5.78. The molecule has 0 saturated carbocycles. The van der Waals surface area contributed by atoms with Crippen LogP contribution >= 0.6 is 0 Å². The van der Waals surface area contributed by atoms with E-state index in [1.807, 2.05) is 24.3 Å². The van der Waals surface area contributed by atoms with Gasteiger partial charge in [-0.25, -0.2) is 0 Å². The largest absolute Gasteiger partial charge is 0.387 e. The summed E-state index contributed by atoms with van der Waals surface area (Å²) >= 11 is 0. The lowest BCUT2D eigenvalue weighted by Gasteiger charge is -2.27. The number of rotatable bonds is 17. The van der Waals surface area contributed by atoms with Crippen molar-refractivity contribution in [1.29, 1.82) is 0 Å². The van der Waals surface area contributed by atoms with Crippen LogP contribution in [0.2, 0.25) is 0 Å². The average Bonchev–Trinajstić information content (AvgIpc) is 2.64. The molecule has 0 aliphatic rings. The highest BCUT2D eigenvalue weighted by Gasteiger charge is 2.25. The number of aliphatic hydroxyl groups is 1. The second-order valence-corrected chi connectivity index (χ2v) is 7.63. The molecule has 26 heavy (non-hydrogen) atoms. The van der Waals surface area contributed by atoms with Crippen molar-refractivity contribution in [3.8, 4) is 0 Å². The first-order valence-corrected chi connectivity index (χ1v) is 10.6. The second-order valence-electron chi connectivity index (χ2n) is 7.63. The third-order valence-corrected chi connectivity index (χ3v) is 5.00. The highest BCUT2D eigenvalue weighted by atomic mass is 16.5. The number of hydrogen-bond donors (Lipinski definition) is 1. The lowest BCUT2D eigenvalue weighted by atomic mass is 9.93. The number of unbranched alkanes of at least 4 members (excludes halogenated alkanes) is 9. The summed E-state index contributed by atoms with van der Waals surface area (Å²) in [5, 5.41) is 10.8. The molecular weight excluding hydrogens is 320 g/mol. The smallest absolute Gasteiger partial charge is 0.0914 e. The van der Waals surface area contributed by atoms with Gasteiger partial charge in [0.25, 0.3) is 0 Å². The van der Waals surface area contributed by atoms with Crippen LogP contribution in [-0.4, -0.2) is 17.3 Å². The molecule has 1 rings (SSSR count). The van der Waals surface area contributed by atoms with Gasteiger partial charge in [-0.15, -0.1) is 6.58 Å². The monoisotopic (exact) mass is 360 g/mol. The molecule has 0 fully saturated rings. The van der Waals surface area contributed by atoms with Crippen molar-refractivity contribution in [2.45, 2.75) is 96.2 Å². The van der Waals surface area contributed by atoms with Gasteiger partial charge in [0.05, 0.1) is 18.8 Å². The van der Waals surface area contributed by atoms with Gasteiger partial charge in [-0.2, -0.15) is 0 Å². The molecule has 0 unspecified atom stereocenters. The maximum atomic E-state index is 10.8. The molecular formula is C24H40O2. The Morgan fingerprint density at radius 3 is 2.08 bits per heavy atom. The van der Waals surface area contributed by atoms with Gasteiger partial charge in [0, 0.05) is 0 Å². The van der Waals surface area contributed by atoms with Gasteiger partial charge in [0.2, 0.25) is 0 Å². The van der Waals surface area contributed by atoms with E-state index in [1.165, 1.54) is 57.8 Å². The summed E-state index contributed by atoms with van der Waals surface area (Å²) in [5.74, 6) is 0. The number of benzene rings is 1. The molecule has 1 N–H and O–H groups in total. The first-order chi connectivity index (χ1) is 12.7. The van der Waals surface area contributed by atoms with Crippen LogP contribution in [0.25, 0.3) is 0 Å². The SMILES string of the molecule is C=CC[C@@](O)(CCCCCCCCCCCC)COCc1ccccc1. The minimum absolute atomic E-state index is 0.380. The van der Waals surface area contributed by atoms with Crippen molar-refractivity contribution in [2.24, 2.45) is 0 Å². The van der Waals surface area contributed by atoms with Crippen LogP contribution in [-0.2, 0) is 11.3 Å². The Hall–Kier alpha value is -1.12. The van der Waals surface area contributed by atoms with E-state index in [1.54, 1.807) is 0 Å². The van der Waals surface area contributed by atoms with Gasteiger partial charge in [-0.05, 0) is 18.4 Å². The molecule has 1 aromatic rings. The highest BCUT2D eigenvalue weighted by molar-refractivity contribution is 5.13. The van der Waals surface area contributed by atoms with Gasteiger partial charge < -0.3 is 9.84 Å². The molecule has 0 bridgehead atoms. The van der Waals surface area contributed by atoms with Crippen LogP contribution in [0.1, 0.15) is 89.5 Å². The van der Waals surface area contributed by atoms with E-state index >= 15 is 0 Å². The summed E-state index contributed by atoms with van der Waals surface area (Å²) in [7, 11) is 0. The van der Waals surface area contributed by atoms with Crippen molar-refractivity contribution in [3.63, 3.8) is 0 Å². The van der Waals surface area contributed by atoms with Crippen LogP contribution < -0.4 is 0 Å². The first-order valence-electron chi connectivity index (χ1n) is 10.6. The third kappa shape index (κ3) is 11.5. The van der Waals surface area contributed by atoms with Crippen molar-refractivity contribution in [1.82, 2.24) is 0 Å². The Bertz CT molecular complexity index is 443. The molecule has 0 amide bonds. The zero-order chi connectivity index (χ0) is 18.9. The zero-order valence-corrected chi connectivity index (χ0v) is 16.9. The molecule has 0 heterocycles. The van der Waals surface area contributed by atoms with E-state index in [9.17, 15) is 5.11 Å². The topological polar surface area (TPSA) is 29.5 Å². The summed E-state index contributed by atoms with van der Waals surface area (Å²) in [6, 6.07) is 10.1. The summed E-state index contributed by atoms with van der Waals surface area (Å²) in [6.45, 7) is 6.99. The van der Waals surface area contributed by atoms with E-state index in [-0.39, 0.29) is 0 Å². The molecule has 0 aromatic heterocycles. The predicted molar refractivity (Wildman–Crippen MR) is 112 cm³/mol. The quantitative estimate of drug-likeness (QED) is 0.244. The summed E-state index contributed by atoms with van der Waals surface area (Å²) in [6.07, 6.45) is 16.3. The summed E-state index contributed by atoms with van der Waals surface area (Å²) in [5.41, 5.74) is 0.379. The maximum Gasteiger partial charge on any atom is 0.0914 e. The Morgan fingerprint density at radius 2 is 1.50 bits per heavy atom. The van der Waals surface area contributed by atoms with E-state index in [0.29, 0.717) is 19.6 Å². The number of ether oxygens (including phenoxy) is 1. The average molecular weight is 361 g/mol. The van der Waals surface area contributed by atoms with Gasteiger partial charge in [0.1, 0.15) is 0 Å². The molecule has 1 aromatic carbocycles. The van der Waals surface area contributed by atoms with Gasteiger partial charge in [-0.3, -0.25) is 0 Å². The van der Waals surface area contributed by atoms with Crippen molar-refractivity contribution in [2.75, 3.05) is 6.61 Å². The molecule has 1 atom stereocenters. The Labute approximate surface area is 161 Å². The molecule has 2 heteroatoms. The zero-order valence-electron chi connectivity index (χ0n) is 16.9. The van der Waals surface area contributed by atoms with E-state index in [4.69, 9.17) is 4.74 Å². The minimum Gasteiger partial charge on any atom is -0.387 e. The van der Waals surface area contributed by atoms with Crippen LogP contribution in [0, 0.1) is 0 Å². The van der Waals surface area contributed by atoms with Crippen molar-refractivity contribution in [3.05, 3.63) is 48.6 Å². The Morgan fingerprint density at radius 1 is 0.923 bits per heavy atom. The molecule has 2 nitrogen and oxygen atoms in total. The number of hydrogen-bond acceptors (Lipinski definition) is 2. The van der Waals surface area contributed by atoms with Crippen LogP contribution in [0.4, 0.5) is 0 Å².